The van der Waals surface area contributed by atoms with Crippen molar-refractivity contribution in [2.45, 2.75) is 32.2 Å². The van der Waals surface area contributed by atoms with Gasteiger partial charge < -0.3 is 10.6 Å². The quantitative estimate of drug-likeness (QED) is 0.427. The van der Waals surface area contributed by atoms with Crippen LogP contribution in [0, 0.1) is 5.92 Å². The molecule has 1 atom stereocenters. The van der Waals surface area contributed by atoms with Crippen LogP contribution in [0.25, 0.3) is 0 Å². The van der Waals surface area contributed by atoms with Crippen LogP contribution in [0.4, 0.5) is 26.3 Å². The standard InChI is InChI=1S/C18H24F6N4/c1-2-25-16(26-9-13-4-3-5-15(8-13)18(22,23)24)27-10-14-6-7-28(11-14)12-17(19,20)21/h3-5,8,14H,2,6-7,9-12H2,1H3,(H2,25,26,27). The van der Waals surface area contributed by atoms with E-state index in [-0.39, 0.29) is 12.5 Å². The predicted octanol–water partition coefficient (Wildman–Crippen LogP) is 3.64. The Kier molecular flexibility index (Phi) is 7.56. The van der Waals surface area contributed by atoms with Gasteiger partial charge in [0.1, 0.15) is 0 Å². The Morgan fingerprint density at radius 3 is 2.57 bits per heavy atom. The van der Waals surface area contributed by atoms with Crippen LogP contribution < -0.4 is 10.6 Å². The molecule has 0 radical (unpaired) electrons. The summed E-state index contributed by atoms with van der Waals surface area (Å²) in [5.41, 5.74) is -0.307. The smallest absolute Gasteiger partial charge is 0.357 e. The molecule has 0 bridgehead atoms. The lowest BCUT2D eigenvalue weighted by molar-refractivity contribution is -0.143. The van der Waals surface area contributed by atoms with Crippen molar-refractivity contribution in [2.75, 3.05) is 32.7 Å². The van der Waals surface area contributed by atoms with Crippen LogP contribution in [-0.4, -0.2) is 49.8 Å². The van der Waals surface area contributed by atoms with Crippen LogP contribution in [0.3, 0.4) is 0 Å². The molecule has 0 spiro atoms. The highest BCUT2D eigenvalue weighted by atomic mass is 19.4. The van der Waals surface area contributed by atoms with Gasteiger partial charge in [0.05, 0.1) is 18.7 Å². The van der Waals surface area contributed by atoms with E-state index >= 15 is 0 Å². The molecular formula is C18H24F6N4. The summed E-state index contributed by atoms with van der Waals surface area (Å²) in [6, 6.07) is 4.96. The maximum Gasteiger partial charge on any atom is 0.416 e. The minimum Gasteiger partial charge on any atom is -0.357 e. The first-order valence-electron chi connectivity index (χ1n) is 9.04. The molecule has 0 aromatic heterocycles. The van der Waals surface area contributed by atoms with Crippen LogP contribution >= 0.6 is 0 Å². The number of benzene rings is 1. The Morgan fingerprint density at radius 2 is 1.93 bits per heavy atom. The zero-order chi connectivity index (χ0) is 20.8. The average molecular weight is 410 g/mol. The molecule has 1 fully saturated rings. The Morgan fingerprint density at radius 1 is 1.18 bits per heavy atom. The fraction of sp³-hybridized carbons (Fsp3) is 0.611. The van der Waals surface area contributed by atoms with Gasteiger partial charge in [0.15, 0.2) is 5.96 Å². The number of nitrogens with zero attached hydrogens (tertiary/aromatic N) is 2. The van der Waals surface area contributed by atoms with E-state index in [1.54, 1.807) is 6.07 Å². The number of hydrogen-bond acceptors (Lipinski definition) is 2. The van der Waals surface area contributed by atoms with E-state index in [0.29, 0.717) is 44.1 Å². The summed E-state index contributed by atoms with van der Waals surface area (Å²) in [4.78, 5) is 5.65. The lowest BCUT2D eigenvalue weighted by Crippen LogP contribution is -2.40. The molecule has 0 aliphatic carbocycles. The second-order valence-electron chi connectivity index (χ2n) is 6.78. The summed E-state index contributed by atoms with van der Waals surface area (Å²) in [6.45, 7) is 2.74. The molecule has 4 nitrogen and oxygen atoms in total. The monoisotopic (exact) mass is 410 g/mol. The van der Waals surface area contributed by atoms with Crippen LogP contribution in [0.5, 0.6) is 0 Å². The van der Waals surface area contributed by atoms with Crippen LogP contribution in [0.2, 0.25) is 0 Å². The van der Waals surface area contributed by atoms with E-state index in [0.717, 1.165) is 12.1 Å². The van der Waals surface area contributed by atoms with E-state index in [9.17, 15) is 26.3 Å². The first kappa shape index (κ1) is 22.3. The Balaban J connectivity index is 1.89. The number of aliphatic imine (C=N–C) groups is 1. The van der Waals surface area contributed by atoms with E-state index < -0.39 is 24.5 Å². The molecule has 0 amide bonds. The van der Waals surface area contributed by atoms with Gasteiger partial charge in [-0.05, 0) is 43.5 Å². The first-order valence-corrected chi connectivity index (χ1v) is 9.04. The summed E-state index contributed by atoms with van der Waals surface area (Å²) in [6.07, 6.45) is -7.97. The van der Waals surface area contributed by atoms with Crippen molar-refractivity contribution in [3.63, 3.8) is 0 Å². The number of halogens is 6. The third kappa shape index (κ3) is 7.57. The number of alkyl halides is 6. The van der Waals surface area contributed by atoms with Gasteiger partial charge >= 0.3 is 12.4 Å². The van der Waals surface area contributed by atoms with Gasteiger partial charge in [-0.3, -0.25) is 4.90 Å². The largest absolute Gasteiger partial charge is 0.416 e. The molecule has 1 heterocycles. The molecular weight excluding hydrogens is 386 g/mol. The van der Waals surface area contributed by atoms with Crippen LogP contribution in [-0.2, 0) is 12.7 Å². The summed E-state index contributed by atoms with van der Waals surface area (Å²) in [7, 11) is 0. The fourth-order valence-corrected chi connectivity index (χ4v) is 3.08. The number of hydrogen-bond donors (Lipinski definition) is 2. The molecule has 1 aromatic rings. The number of likely N-dealkylation sites (tertiary alicyclic amines) is 1. The number of nitrogens with one attached hydrogen (secondary N) is 2. The van der Waals surface area contributed by atoms with Crippen molar-refractivity contribution in [1.29, 1.82) is 0 Å². The molecule has 1 aliphatic rings. The van der Waals surface area contributed by atoms with Crippen molar-refractivity contribution in [2.24, 2.45) is 10.9 Å². The van der Waals surface area contributed by atoms with Gasteiger partial charge in [-0.25, -0.2) is 4.99 Å². The molecule has 1 unspecified atom stereocenters. The molecule has 1 saturated heterocycles. The predicted molar refractivity (Wildman–Crippen MR) is 94.9 cm³/mol. The van der Waals surface area contributed by atoms with Gasteiger partial charge in [0.25, 0.3) is 0 Å². The lowest BCUT2D eigenvalue weighted by atomic mass is 10.1. The van der Waals surface area contributed by atoms with Crippen molar-refractivity contribution in [1.82, 2.24) is 15.5 Å². The molecule has 0 saturated carbocycles. The van der Waals surface area contributed by atoms with Gasteiger partial charge in [-0.15, -0.1) is 0 Å². The molecule has 1 aliphatic heterocycles. The van der Waals surface area contributed by atoms with E-state index in [1.165, 1.54) is 11.0 Å². The Hall–Kier alpha value is -1.97. The molecule has 2 rings (SSSR count). The van der Waals surface area contributed by atoms with E-state index in [2.05, 4.69) is 15.6 Å². The Bertz CT molecular complexity index is 656. The number of guanidine groups is 1. The lowest BCUT2D eigenvalue weighted by Gasteiger charge is -2.18. The fourth-order valence-electron chi connectivity index (χ4n) is 3.08. The second-order valence-corrected chi connectivity index (χ2v) is 6.78. The number of rotatable bonds is 6. The van der Waals surface area contributed by atoms with Crippen molar-refractivity contribution < 1.29 is 26.3 Å². The zero-order valence-corrected chi connectivity index (χ0v) is 15.5. The minimum atomic E-state index is -4.41. The molecule has 2 N–H and O–H groups in total. The molecule has 158 valence electrons. The average Bonchev–Trinajstić information content (AvgIpc) is 3.02. The van der Waals surface area contributed by atoms with E-state index in [1.807, 2.05) is 6.92 Å². The van der Waals surface area contributed by atoms with Crippen LogP contribution in [0.15, 0.2) is 29.3 Å². The zero-order valence-electron chi connectivity index (χ0n) is 15.5. The SMILES string of the molecule is CCNC(=NCc1cccc(C(F)(F)F)c1)NCC1CCN(CC(F)(F)F)C1. The molecule has 1 aromatic carbocycles. The summed E-state index contributed by atoms with van der Waals surface area (Å²) < 4.78 is 75.7. The molecule has 10 heteroatoms. The van der Waals surface area contributed by atoms with Crippen molar-refractivity contribution in [3.05, 3.63) is 35.4 Å². The third-order valence-electron chi connectivity index (χ3n) is 4.35. The second kappa shape index (κ2) is 9.49. The first-order chi connectivity index (χ1) is 13.1. The summed E-state index contributed by atoms with van der Waals surface area (Å²) in [5, 5.41) is 6.06. The van der Waals surface area contributed by atoms with Crippen molar-refractivity contribution in [3.8, 4) is 0 Å². The molecule has 28 heavy (non-hydrogen) atoms. The maximum atomic E-state index is 12.8. The van der Waals surface area contributed by atoms with Gasteiger partial charge in [0, 0.05) is 19.6 Å². The Labute approximate surface area is 160 Å². The summed E-state index contributed by atoms with van der Waals surface area (Å²) in [5.74, 6) is 0.481. The van der Waals surface area contributed by atoms with Crippen molar-refractivity contribution >= 4 is 5.96 Å². The highest BCUT2D eigenvalue weighted by Gasteiger charge is 2.34. The minimum absolute atomic E-state index is 0.0553. The third-order valence-corrected chi connectivity index (χ3v) is 4.35. The maximum absolute atomic E-state index is 12.8. The highest BCUT2D eigenvalue weighted by Crippen LogP contribution is 2.29. The summed E-state index contributed by atoms with van der Waals surface area (Å²) >= 11 is 0. The normalized spacial score (nSPS) is 19.1. The van der Waals surface area contributed by atoms with Crippen LogP contribution in [0.1, 0.15) is 24.5 Å². The highest BCUT2D eigenvalue weighted by molar-refractivity contribution is 5.79. The topological polar surface area (TPSA) is 39.7 Å². The van der Waals surface area contributed by atoms with Gasteiger partial charge in [-0.2, -0.15) is 26.3 Å². The van der Waals surface area contributed by atoms with Gasteiger partial charge in [-0.1, -0.05) is 12.1 Å². The van der Waals surface area contributed by atoms with E-state index in [4.69, 9.17) is 0 Å². The van der Waals surface area contributed by atoms with Gasteiger partial charge in [0.2, 0.25) is 0 Å².